The zero-order chi connectivity index (χ0) is 14.6. The quantitative estimate of drug-likeness (QED) is 0.768. The lowest BCUT2D eigenvalue weighted by molar-refractivity contribution is 0.112. The van der Waals surface area contributed by atoms with Gasteiger partial charge in [-0.3, -0.25) is 4.79 Å². The lowest BCUT2D eigenvalue weighted by atomic mass is 10.2. The third kappa shape index (κ3) is 5.29. The molecule has 0 aliphatic heterocycles. The Morgan fingerprint density at radius 3 is 2.22 bits per heavy atom. The number of thiophene rings is 1. The van der Waals surface area contributed by atoms with Crippen LogP contribution < -0.4 is 5.73 Å². The molecule has 3 N–H and O–H groups in total. The molecule has 2 rings (SSSR count). The van der Waals surface area contributed by atoms with Crippen LogP contribution in [0.5, 0.6) is 5.75 Å². The molecule has 1 heterocycles. The van der Waals surface area contributed by atoms with Crippen molar-refractivity contribution in [2.75, 3.05) is 7.05 Å². The third-order valence-electron chi connectivity index (χ3n) is 1.71. The Morgan fingerprint density at radius 1 is 1.17 bits per heavy atom. The first-order chi connectivity index (χ1) is 8.81. The highest BCUT2D eigenvalue weighted by molar-refractivity contribution is 7.17. The molecule has 4 heteroatoms. The minimum atomic E-state index is 0.198. The lowest BCUT2D eigenvalue weighted by Crippen LogP contribution is -1.73. The molecular weight excluding hydrogens is 246 g/mol. The Balaban J connectivity index is 0. The molecule has 0 aliphatic carbocycles. The van der Waals surface area contributed by atoms with Crippen LogP contribution >= 0.6 is 11.3 Å². The fourth-order valence-electron chi connectivity index (χ4n) is 1.13. The summed E-state index contributed by atoms with van der Waals surface area (Å²) in [6.07, 6.45) is 0.804. The first kappa shape index (κ1) is 19.0. The highest BCUT2D eigenvalue weighted by atomic mass is 32.1. The van der Waals surface area contributed by atoms with E-state index in [1.807, 2.05) is 33.8 Å². The largest absolute Gasteiger partial charge is 0.508 e. The van der Waals surface area contributed by atoms with Crippen molar-refractivity contribution in [2.24, 2.45) is 5.73 Å². The molecule has 0 saturated carbocycles. The standard InChI is InChI=1S/C9H6O2S.2C2H6.CH5N/c10-4-6-5-12-9-2-1-7(11)3-8(6)9;3*1-2/h1-5,11H;2*1-2H3;2H2,1H3. The molecule has 2 aromatic rings. The molecule has 0 bridgehead atoms. The number of aromatic hydroxyl groups is 1. The molecule has 3 nitrogen and oxygen atoms in total. The average molecular weight is 269 g/mol. The van der Waals surface area contributed by atoms with Crippen LogP contribution in [0, 0.1) is 0 Å². The SMILES string of the molecule is CC.CC.CN.O=Cc1csc2ccc(O)cc12. The van der Waals surface area contributed by atoms with E-state index in [0.717, 1.165) is 16.4 Å². The molecule has 1 aromatic heterocycles. The number of hydrogen-bond acceptors (Lipinski definition) is 4. The van der Waals surface area contributed by atoms with Crippen LogP contribution in [0.3, 0.4) is 0 Å². The molecule has 0 unspecified atom stereocenters. The van der Waals surface area contributed by atoms with E-state index < -0.39 is 0 Å². The molecule has 0 spiro atoms. The number of phenolic OH excluding ortho intramolecular Hbond substituents is 1. The van der Waals surface area contributed by atoms with Crippen molar-refractivity contribution < 1.29 is 9.90 Å². The average Bonchev–Trinajstić information content (AvgIpc) is 2.87. The smallest absolute Gasteiger partial charge is 0.151 e. The summed E-state index contributed by atoms with van der Waals surface area (Å²) in [5, 5.41) is 11.8. The molecule has 0 fully saturated rings. The van der Waals surface area contributed by atoms with Crippen LogP contribution in [0.4, 0.5) is 0 Å². The number of nitrogens with two attached hydrogens (primary N) is 1. The maximum absolute atomic E-state index is 10.5. The fraction of sp³-hybridized carbons (Fsp3) is 0.357. The summed E-state index contributed by atoms with van der Waals surface area (Å²) in [5.41, 5.74) is 5.14. The predicted molar refractivity (Wildman–Crippen MR) is 81.7 cm³/mol. The maximum atomic E-state index is 10.5. The Morgan fingerprint density at radius 2 is 1.72 bits per heavy atom. The van der Waals surface area contributed by atoms with Crippen LogP contribution in [0.15, 0.2) is 23.6 Å². The van der Waals surface area contributed by atoms with E-state index in [1.54, 1.807) is 17.5 Å². The Kier molecular flexibility index (Phi) is 12.7. The van der Waals surface area contributed by atoms with Gasteiger partial charge in [-0.2, -0.15) is 0 Å². The van der Waals surface area contributed by atoms with Crippen molar-refractivity contribution in [1.82, 2.24) is 0 Å². The number of aldehydes is 1. The summed E-state index contributed by atoms with van der Waals surface area (Å²) in [7, 11) is 1.50. The molecule has 18 heavy (non-hydrogen) atoms. The van der Waals surface area contributed by atoms with Gasteiger partial charge in [0.25, 0.3) is 0 Å². The summed E-state index contributed by atoms with van der Waals surface area (Å²) in [6, 6.07) is 5.03. The second-order valence-electron chi connectivity index (χ2n) is 2.49. The number of hydrogen-bond donors (Lipinski definition) is 2. The van der Waals surface area contributed by atoms with E-state index in [2.05, 4.69) is 5.73 Å². The van der Waals surface area contributed by atoms with Gasteiger partial charge in [-0.1, -0.05) is 27.7 Å². The monoisotopic (exact) mass is 269 g/mol. The Hall–Kier alpha value is -1.39. The fourth-order valence-corrected chi connectivity index (χ4v) is 2.01. The van der Waals surface area contributed by atoms with E-state index in [9.17, 15) is 4.79 Å². The van der Waals surface area contributed by atoms with E-state index in [4.69, 9.17) is 5.11 Å². The zero-order valence-electron chi connectivity index (χ0n) is 11.7. The van der Waals surface area contributed by atoms with Gasteiger partial charge in [-0.05, 0) is 25.2 Å². The van der Waals surface area contributed by atoms with Gasteiger partial charge in [0, 0.05) is 21.0 Å². The van der Waals surface area contributed by atoms with Crippen LogP contribution in [0.2, 0.25) is 0 Å². The topological polar surface area (TPSA) is 63.3 Å². The minimum absolute atomic E-state index is 0.198. The van der Waals surface area contributed by atoms with Crippen molar-refractivity contribution in [1.29, 1.82) is 0 Å². The normalized spacial score (nSPS) is 7.89. The Labute approximate surface area is 113 Å². The van der Waals surface area contributed by atoms with E-state index in [1.165, 1.54) is 18.4 Å². The van der Waals surface area contributed by atoms with Gasteiger partial charge < -0.3 is 10.8 Å². The van der Waals surface area contributed by atoms with Gasteiger partial charge in [-0.25, -0.2) is 0 Å². The molecular formula is C14H23NO2S. The van der Waals surface area contributed by atoms with E-state index in [-0.39, 0.29) is 5.75 Å². The van der Waals surface area contributed by atoms with Crippen molar-refractivity contribution in [2.45, 2.75) is 27.7 Å². The van der Waals surface area contributed by atoms with Crippen LogP contribution in [0.1, 0.15) is 38.1 Å². The van der Waals surface area contributed by atoms with E-state index >= 15 is 0 Å². The zero-order valence-corrected chi connectivity index (χ0v) is 12.5. The molecule has 0 amide bonds. The highest BCUT2D eigenvalue weighted by Crippen LogP contribution is 2.27. The van der Waals surface area contributed by atoms with Gasteiger partial charge >= 0.3 is 0 Å². The molecule has 0 aliphatic rings. The van der Waals surface area contributed by atoms with Gasteiger partial charge in [0.1, 0.15) is 5.75 Å². The van der Waals surface area contributed by atoms with E-state index in [0.29, 0.717) is 5.56 Å². The number of benzene rings is 1. The van der Waals surface area contributed by atoms with Crippen LogP contribution in [-0.4, -0.2) is 18.4 Å². The van der Waals surface area contributed by atoms with Crippen molar-refractivity contribution in [3.63, 3.8) is 0 Å². The number of carbonyl (C=O) groups is 1. The third-order valence-corrected chi connectivity index (χ3v) is 2.70. The summed E-state index contributed by atoms with van der Waals surface area (Å²) in [6.45, 7) is 8.00. The molecule has 0 radical (unpaired) electrons. The van der Waals surface area contributed by atoms with Gasteiger partial charge in [0.15, 0.2) is 6.29 Å². The molecule has 0 saturated heterocycles. The molecule has 0 atom stereocenters. The van der Waals surface area contributed by atoms with Crippen molar-refractivity contribution >= 4 is 27.7 Å². The molecule has 1 aromatic carbocycles. The lowest BCUT2D eigenvalue weighted by Gasteiger charge is -1.91. The number of fused-ring (bicyclic) bond motifs is 1. The van der Waals surface area contributed by atoms with Gasteiger partial charge in [0.05, 0.1) is 0 Å². The number of phenols is 1. The van der Waals surface area contributed by atoms with Gasteiger partial charge in [-0.15, -0.1) is 11.3 Å². The van der Waals surface area contributed by atoms with Crippen LogP contribution in [-0.2, 0) is 0 Å². The van der Waals surface area contributed by atoms with Crippen LogP contribution in [0.25, 0.3) is 10.1 Å². The predicted octanol–water partition coefficient (Wildman–Crippen LogP) is 4.05. The minimum Gasteiger partial charge on any atom is -0.508 e. The maximum Gasteiger partial charge on any atom is 0.151 e. The first-order valence-electron chi connectivity index (χ1n) is 6.04. The first-order valence-corrected chi connectivity index (χ1v) is 6.92. The summed E-state index contributed by atoms with van der Waals surface area (Å²) in [4.78, 5) is 10.5. The molecule has 102 valence electrons. The van der Waals surface area contributed by atoms with Crippen molar-refractivity contribution in [3.8, 4) is 5.75 Å². The summed E-state index contributed by atoms with van der Waals surface area (Å²) < 4.78 is 1.02. The number of rotatable bonds is 1. The Bertz CT molecular complexity index is 438. The highest BCUT2D eigenvalue weighted by Gasteiger charge is 2.02. The second-order valence-corrected chi connectivity index (χ2v) is 3.40. The summed E-state index contributed by atoms with van der Waals surface area (Å²) >= 11 is 1.50. The van der Waals surface area contributed by atoms with Crippen molar-refractivity contribution in [3.05, 3.63) is 29.1 Å². The van der Waals surface area contributed by atoms with Gasteiger partial charge in [0.2, 0.25) is 0 Å². The number of carbonyl (C=O) groups excluding carboxylic acids is 1. The summed E-state index contributed by atoms with van der Waals surface area (Å²) in [5.74, 6) is 0.198. The second kappa shape index (κ2) is 12.1.